The van der Waals surface area contributed by atoms with Gasteiger partial charge >= 0.3 is 5.97 Å². The van der Waals surface area contributed by atoms with Crippen molar-refractivity contribution in [1.82, 2.24) is 16.0 Å². The number of guanidine groups is 1. The van der Waals surface area contributed by atoms with E-state index in [0.29, 0.717) is 5.56 Å². The highest BCUT2D eigenvalue weighted by Crippen LogP contribution is 2.11. The first-order valence-electron chi connectivity index (χ1n) is 10.9. The lowest BCUT2D eigenvalue weighted by atomic mass is 10.1. The molecule has 1 aromatic carbocycles. The summed E-state index contributed by atoms with van der Waals surface area (Å²) in [6.45, 7) is -0.675. The number of carbonyl (C=O) groups excluding carboxylic acids is 3. The Balaban J connectivity index is 2.69. The molecule has 4 unspecified atom stereocenters. The van der Waals surface area contributed by atoms with E-state index in [1.165, 1.54) is 12.1 Å². The highest BCUT2D eigenvalue weighted by atomic mass is 32.1. The van der Waals surface area contributed by atoms with Crippen molar-refractivity contribution in [3.8, 4) is 5.75 Å². The first-order chi connectivity index (χ1) is 17.0. The molecule has 0 bridgehead atoms. The molecule has 0 aliphatic heterocycles. The van der Waals surface area contributed by atoms with Crippen LogP contribution in [0.1, 0.15) is 18.4 Å². The minimum atomic E-state index is -1.48. The second-order valence-corrected chi connectivity index (χ2v) is 8.18. The second-order valence-electron chi connectivity index (χ2n) is 7.81. The number of nitrogens with two attached hydrogens (primary N) is 3. The number of nitrogens with zero attached hydrogens (tertiary/aromatic N) is 1. The summed E-state index contributed by atoms with van der Waals surface area (Å²) in [4.78, 5) is 52.7. The minimum Gasteiger partial charge on any atom is -0.508 e. The van der Waals surface area contributed by atoms with Crippen molar-refractivity contribution in [3.05, 3.63) is 29.8 Å². The number of aliphatic hydroxyl groups is 1. The lowest BCUT2D eigenvalue weighted by Gasteiger charge is -2.23. The zero-order chi connectivity index (χ0) is 27.3. The summed E-state index contributed by atoms with van der Waals surface area (Å²) in [5.41, 5.74) is 17.0. The Bertz CT molecular complexity index is 926. The molecule has 0 heterocycles. The topological polar surface area (TPSA) is 255 Å². The van der Waals surface area contributed by atoms with Gasteiger partial charge in [-0.05, 0) is 37.0 Å². The number of aliphatic imine (C=N–C) groups is 1. The molecule has 0 aliphatic carbocycles. The number of carbonyl (C=O) groups is 4. The lowest BCUT2D eigenvalue weighted by molar-refractivity contribution is -0.142. The number of hydrogen-bond donors (Lipinski definition) is 10. The Morgan fingerprint density at radius 1 is 0.944 bits per heavy atom. The van der Waals surface area contributed by atoms with Crippen molar-refractivity contribution in [3.63, 3.8) is 0 Å². The van der Waals surface area contributed by atoms with Gasteiger partial charge in [0.1, 0.15) is 23.9 Å². The quantitative estimate of drug-likeness (QED) is 0.0472. The number of rotatable bonds is 15. The number of amides is 3. The molecular weight excluding hydrogens is 494 g/mol. The summed E-state index contributed by atoms with van der Waals surface area (Å²) >= 11 is 4.04. The smallest absolute Gasteiger partial charge is 0.326 e. The minimum absolute atomic E-state index is 0.00180. The van der Waals surface area contributed by atoms with Crippen LogP contribution in [0.2, 0.25) is 0 Å². The van der Waals surface area contributed by atoms with E-state index in [-0.39, 0.29) is 43.3 Å². The van der Waals surface area contributed by atoms with E-state index in [9.17, 15) is 34.5 Å². The fraction of sp³-hybridized carbons (Fsp3) is 0.476. The average molecular weight is 528 g/mol. The van der Waals surface area contributed by atoms with Crippen LogP contribution >= 0.6 is 12.6 Å². The first kappa shape index (κ1) is 30.5. The van der Waals surface area contributed by atoms with Gasteiger partial charge in [0.15, 0.2) is 5.96 Å². The molecule has 12 N–H and O–H groups in total. The third kappa shape index (κ3) is 10.8. The summed E-state index contributed by atoms with van der Waals surface area (Å²) in [6.07, 6.45) is 0.385. The maximum atomic E-state index is 12.6. The van der Waals surface area contributed by atoms with E-state index in [2.05, 4.69) is 33.6 Å². The van der Waals surface area contributed by atoms with Crippen LogP contribution in [0, 0.1) is 0 Å². The lowest BCUT2D eigenvalue weighted by Crippen LogP contribution is -2.58. The SMILES string of the molecule is NC(N)=NCCCC(NC(=O)C(CO)NC(=O)C(CS)NC(=O)C(N)Cc1ccc(O)cc1)C(=O)O. The van der Waals surface area contributed by atoms with Crippen molar-refractivity contribution >= 4 is 42.3 Å². The van der Waals surface area contributed by atoms with Crippen molar-refractivity contribution in [2.45, 2.75) is 43.4 Å². The van der Waals surface area contributed by atoms with Gasteiger partial charge in [0.05, 0.1) is 12.6 Å². The van der Waals surface area contributed by atoms with Crippen molar-refractivity contribution in [2.24, 2.45) is 22.2 Å². The molecule has 0 radical (unpaired) electrons. The normalized spacial score (nSPS) is 14.0. The Hall–Kier alpha value is -3.56. The summed E-state index contributed by atoms with van der Waals surface area (Å²) in [7, 11) is 0. The predicted molar refractivity (Wildman–Crippen MR) is 134 cm³/mol. The maximum absolute atomic E-state index is 12.6. The van der Waals surface area contributed by atoms with Crippen molar-refractivity contribution in [2.75, 3.05) is 18.9 Å². The summed E-state index contributed by atoms with van der Waals surface area (Å²) < 4.78 is 0. The average Bonchev–Trinajstić information content (AvgIpc) is 2.83. The van der Waals surface area contributed by atoms with E-state index in [1.54, 1.807) is 12.1 Å². The third-order valence-corrected chi connectivity index (χ3v) is 5.28. The van der Waals surface area contributed by atoms with Gasteiger partial charge in [-0.15, -0.1) is 0 Å². The van der Waals surface area contributed by atoms with Gasteiger partial charge in [0.25, 0.3) is 0 Å². The summed E-state index contributed by atoms with van der Waals surface area (Å²) in [5.74, 6) is -3.98. The van der Waals surface area contributed by atoms with E-state index in [1.807, 2.05) is 0 Å². The van der Waals surface area contributed by atoms with Crippen LogP contribution < -0.4 is 33.2 Å². The molecule has 14 nitrogen and oxygen atoms in total. The van der Waals surface area contributed by atoms with Crippen LogP contribution in [0.4, 0.5) is 0 Å². The number of phenols is 1. The molecule has 0 fully saturated rings. The second kappa shape index (κ2) is 15.4. The number of benzene rings is 1. The number of nitrogens with one attached hydrogen (secondary N) is 3. The van der Waals surface area contributed by atoms with Gasteiger partial charge in [-0.25, -0.2) is 4.79 Å². The number of carboxylic acid groups (broad SMARTS) is 1. The molecule has 36 heavy (non-hydrogen) atoms. The van der Waals surface area contributed by atoms with E-state index in [4.69, 9.17) is 17.2 Å². The highest BCUT2D eigenvalue weighted by Gasteiger charge is 2.29. The molecule has 0 saturated heterocycles. The molecule has 1 rings (SSSR count). The summed E-state index contributed by atoms with van der Waals surface area (Å²) in [5, 5.41) is 35.2. The fourth-order valence-corrected chi connectivity index (χ4v) is 3.21. The van der Waals surface area contributed by atoms with E-state index < -0.39 is 54.5 Å². The molecule has 0 aromatic heterocycles. The van der Waals surface area contributed by atoms with Crippen LogP contribution in [0.15, 0.2) is 29.3 Å². The maximum Gasteiger partial charge on any atom is 0.326 e. The highest BCUT2D eigenvalue weighted by molar-refractivity contribution is 7.80. The molecule has 200 valence electrons. The predicted octanol–water partition coefficient (Wildman–Crippen LogP) is -3.22. The van der Waals surface area contributed by atoms with Gasteiger partial charge in [-0.1, -0.05) is 12.1 Å². The molecule has 15 heteroatoms. The summed E-state index contributed by atoms with van der Waals surface area (Å²) in [6, 6.07) is 1.09. The van der Waals surface area contributed by atoms with Crippen LogP contribution in [0.3, 0.4) is 0 Å². The van der Waals surface area contributed by atoms with Gasteiger partial charge in [-0.2, -0.15) is 12.6 Å². The number of thiol groups is 1. The largest absolute Gasteiger partial charge is 0.508 e. The fourth-order valence-electron chi connectivity index (χ4n) is 2.95. The van der Waals surface area contributed by atoms with Gasteiger partial charge < -0.3 is 48.5 Å². The Morgan fingerprint density at radius 2 is 1.50 bits per heavy atom. The Kier molecular flexibility index (Phi) is 13.1. The third-order valence-electron chi connectivity index (χ3n) is 4.92. The van der Waals surface area contributed by atoms with Gasteiger partial charge in [0.2, 0.25) is 17.7 Å². The Morgan fingerprint density at radius 3 is 2.03 bits per heavy atom. The van der Waals surface area contributed by atoms with Gasteiger partial charge in [-0.3, -0.25) is 19.4 Å². The molecule has 4 atom stereocenters. The van der Waals surface area contributed by atoms with Gasteiger partial charge in [0, 0.05) is 12.3 Å². The zero-order valence-corrected chi connectivity index (χ0v) is 20.4. The van der Waals surface area contributed by atoms with Crippen LogP contribution in [-0.2, 0) is 25.6 Å². The monoisotopic (exact) mass is 527 g/mol. The first-order valence-corrected chi connectivity index (χ1v) is 11.6. The van der Waals surface area contributed by atoms with Crippen molar-refractivity contribution in [1.29, 1.82) is 0 Å². The molecule has 1 aromatic rings. The standard InChI is InChI=1S/C21H33N7O7S/c22-13(8-11-3-5-12(30)6-4-11)17(31)28-16(10-36)19(33)27-15(9-29)18(32)26-14(20(34)35)2-1-7-25-21(23)24/h3-6,13-16,29-30,36H,1-2,7-10,22H2,(H,26,32)(H,27,33)(H,28,31)(H,34,35)(H4,23,24,25). The zero-order valence-electron chi connectivity index (χ0n) is 19.5. The molecule has 0 aliphatic rings. The number of hydrogen-bond acceptors (Lipinski definition) is 9. The van der Waals surface area contributed by atoms with Crippen LogP contribution in [0.5, 0.6) is 5.75 Å². The van der Waals surface area contributed by atoms with Crippen LogP contribution in [-0.4, -0.2) is 88.0 Å². The number of carboxylic acids is 1. The van der Waals surface area contributed by atoms with E-state index >= 15 is 0 Å². The van der Waals surface area contributed by atoms with Crippen molar-refractivity contribution < 1.29 is 34.5 Å². The molecule has 3 amide bonds. The number of phenolic OH excluding ortho intramolecular Hbond substituents is 1. The number of aliphatic carboxylic acids is 1. The number of aromatic hydroxyl groups is 1. The van der Waals surface area contributed by atoms with Crippen LogP contribution in [0.25, 0.3) is 0 Å². The molecule has 0 spiro atoms. The molecule has 0 saturated carbocycles. The Labute approximate surface area is 213 Å². The van der Waals surface area contributed by atoms with E-state index in [0.717, 1.165) is 0 Å². The number of aliphatic hydroxyl groups excluding tert-OH is 1. The molecular formula is C21H33N7O7S.